The third-order valence-electron chi connectivity index (χ3n) is 3.10. The van der Waals surface area contributed by atoms with Gasteiger partial charge in [0.25, 0.3) is 5.56 Å². The van der Waals surface area contributed by atoms with Gasteiger partial charge in [0.1, 0.15) is 11.6 Å². The fraction of sp³-hybridized carbons (Fsp3) is 0.214. The van der Waals surface area contributed by atoms with Gasteiger partial charge >= 0.3 is 0 Å². The first kappa shape index (κ1) is 11.6. The van der Waals surface area contributed by atoms with Crippen molar-refractivity contribution < 1.29 is 0 Å². The summed E-state index contributed by atoms with van der Waals surface area (Å²) in [5.41, 5.74) is 2.91. The van der Waals surface area contributed by atoms with Crippen molar-refractivity contribution in [3.05, 3.63) is 51.8 Å². The standard InChI is InChI=1S/C14H14N4O/c1-8-4-6-11(7-5-8)18-10(3)17-13-12(18)14(19)16-9(2)15-13/h4-7H,1-3H3,(H,15,16,19). The van der Waals surface area contributed by atoms with E-state index in [1.54, 1.807) is 6.92 Å². The molecular weight excluding hydrogens is 240 g/mol. The van der Waals surface area contributed by atoms with Crippen molar-refractivity contribution >= 4 is 11.2 Å². The molecule has 1 aromatic carbocycles. The van der Waals surface area contributed by atoms with E-state index in [2.05, 4.69) is 15.0 Å². The Morgan fingerprint density at radius 2 is 1.74 bits per heavy atom. The monoisotopic (exact) mass is 254 g/mol. The molecule has 0 unspecified atom stereocenters. The van der Waals surface area contributed by atoms with Crippen molar-refractivity contribution in [2.45, 2.75) is 20.8 Å². The van der Waals surface area contributed by atoms with E-state index in [4.69, 9.17) is 0 Å². The molecule has 2 heterocycles. The molecule has 0 saturated heterocycles. The predicted molar refractivity (Wildman–Crippen MR) is 73.7 cm³/mol. The molecule has 5 nitrogen and oxygen atoms in total. The van der Waals surface area contributed by atoms with Crippen molar-refractivity contribution in [1.29, 1.82) is 0 Å². The highest BCUT2D eigenvalue weighted by Crippen LogP contribution is 2.17. The van der Waals surface area contributed by atoms with E-state index in [-0.39, 0.29) is 5.56 Å². The Kier molecular flexibility index (Phi) is 2.48. The van der Waals surface area contributed by atoms with Gasteiger partial charge in [-0.25, -0.2) is 9.97 Å². The molecule has 1 N–H and O–H groups in total. The van der Waals surface area contributed by atoms with Gasteiger partial charge in [-0.05, 0) is 32.9 Å². The van der Waals surface area contributed by atoms with E-state index in [1.807, 2.05) is 42.7 Å². The number of aryl methyl sites for hydroxylation is 3. The average molecular weight is 254 g/mol. The molecule has 0 spiro atoms. The van der Waals surface area contributed by atoms with E-state index in [1.165, 1.54) is 5.56 Å². The minimum Gasteiger partial charge on any atom is -0.309 e. The summed E-state index contributed by atoms with van der Waals surface area (Å²) in [5, 5.41) is 0. The lowest BCUT2D eigenvalue weighted by Gasteiger charge is -2.06. The zero-order chi connectivity index (χ0) is 13.6. The van der Waals surface area contributed by atoms with Crippen LogP contribution in [0.3, 0.4) is 0 Å². The van der Waals surface area contributed by atoms with Gasteiger partial charge in [-0.1, -0.05) is 17.7 Å². The smallest absolute Gasteiger partial charge is 0.277 e. The maximum absolute atomic E-state index is 12.1. The Morgan fingerprint density at radius 1 is 1.05 bits per heavy atom. The van der Waals surface area contributed by atoms with Gasteiger partial charge in [-0.2, -0.15) is 0 Å². The van der Waals surface area contributed by atoms with Gasteiger partial charge in [0, 0.05) is 5.69 Å². The van der Waals surface area contributed by atoms with Crippen LogP contribution in [0.15, 0.2) is 29.1 Å². The number of aromatic nitrogens is 4. The molecule has 5 heteroatoms. The number of fused-ring (bicyclic) bond motifs is 1. The Hall–Kier alpha value is -2.43. The molecule has 2 aromatic heterocycles. The molecule has 0 aliphatic heterocycles. The largest absolute Gasteiger partial charge is 0.309 e. The van der Waals surface area contributed by atoms with Crippen LogP contribution in [0.5, 0.6) is 0 Å². The average Bonchev–Trinajstić information content (AvgIpc) is 2.66. The highest BCUT2D eigenvalue weighted by molar-refractivity contribution is 5.73. The fourth-order valence-electron chi connectivity index (χ4n) is 2.22. The summed E-state index contributed by atoms with van der Waals surface area (Å²) in [6.07, 6.45) is 0. The lowest BCUT2D eigenvalue weighted by Crippen LogP contribution is -2.13. The Labute approximate surface area is 110 Å². The van der Waals surface area contributed by atoms with Crippen molar-refractivity contribution in [1.82, 2.24) is 19.5 Å². The van der Waals surface area contributed by atoms with Crippen molar-refractivity contribution in [2.75, 3.05) is 0 Å². The van der Waals surface area contributed by atoms with E-state index in [0.29, 0.717) is 17.0 Å². The third-order valence-corrected chi connectivity index (χ3v) is 3.10. The zero-order valence-electron chi connectivity index (χ0n) is 11.1. The lowest BCUT2D eigenvalue weighted by atomic mass is 10.2. The summed E-state index contributed by atoms with van der Waals surface area (Å²) in [6, 6.07) is 7.97. The van der Waals surface area contributed by atoms with Crippen LogP contribution in [0.1, 0.15) is 17.2 Å². The number of hydrogen-bond acceptors (Lipinski definition) is 3. The molecule has 3 aromatic rings. The molecule has 0 bridgehead atoms. The summed E-state index contributed by atoms with van der Waals surface area (Å²) in [5.74, 6) is 1.33. The minimum absolute atomic E-state index is 0.163. The van der Waals surface area contributed by atoms with Crippen LogP contribution in [0, 0.1) is 20.8 Å². The molecule has 0 aliphatic carbocycles. The summed E-state index contributed by atoms with van der Waals surface area (Å²) >= 11 is 0. The zero-order valence-corrected chi connectivity index (χ0v) is 11.1. The second kappa shape index (κ2) is 4.05. The van der Waals surface area contributed by atoms with Crippen LogP contribution in [0.25, 0.3) is 16.9 Å². The molecule has 19 heavy (non-hydrogen) atoms. The van der Waals surface area contributed by atoms with Crippen LogP contribution >= 0.6 is 0 Å². The first-order valence-corrected chi connectivity index (χ1v) is 6.09. The van der Waals surface area contributed by atoms with Gasteiger partial charge in [-0.3, -0.25) is 9.36 Å². The first-order chi connectivity index (χ1) is 9.06. The van der Waals surface area contributed by atoms with Crippen LogP contribution in [0.2, 0.25) is 0 Å². The van der Waals surface area contributed by atoms with Crippen molar-refractivity contribution in [2.24, 2.45) is 0 Å². The molecule has 0 fully saturated rings. The van der Waals surface area contributed by atoms with Crippen LogP contribution in [0.4, 0.5) is 0 Å². The second-order valence-electron chi connectivity index (χ2n) is 4.65. The van der Waals surface area contributed by atoms with Gasteiger partial charge in [-0.15, -0.1) is 0 Å². The van der Waals surface area contributed by atoms with Gasteiger partial charge in [0.05, 0.1) is 0 Å². The van der Waals surface area contributed by atoms with E-state index < -0.39 is 0 Å². The van der Waals surface area contributed by atoms with E-state index in [9.17, 15) is 4.79 Å². The topological polar surface area (TPSA) is 63.6 Å². The van der Waals surface area contributed by atoms with Gasteiger partial charge < -0.3 is 4.98 Å². The molecular formula is C14H14N4O. The SMILES string of the molecule is Cc1ccc(-n2c(C)nc3nc(C)[nH]c(=O)c32)cc1. The second-order valence-corrected chi connectivity index (χ2v) is 4.65. The molecule has 3 rings (SSSR count). The first-order valence-electron chi connectivity index (χ1n) is 6.09. The van der Waals surface area contributed by atoms with Crippen LogP contribution < -0.4 is 5.56 Å². The number of aromatic amines is 1. The molecule has 0 saturated carbocycles. The summed E-state index contributed by atoms with van der Waals surface area (Å²) in [4.78, 5) is 23.5. The van der Waals surface area contributed by atoms with Crippen LogP contribution in [-0.4, -0.2) is 19.5 Å². The Balaban J connectivity index is 2.38. The Bertz CT molecular complexity index is 812. The predicted octanol–water partition coefficient (Wildman–Crippen LogP) is 2.03. The number of rotatable bonds is 1. The molecule has 0 radical (unpaired) electrons. The summed E-state index contributed by atoms with van der Waals surface area (Å²) in [7, 11) is 0. The lowest BCUT2D eigenvalue weighted by molar-refractivity contribution is 0.990. The van der Waals surface area contributed by atoms with Crippen molar-refractivity contribution in [3.8, 4) is 5.69 Å². The number of nitrogens with zero attached hydrogens (tertiary/aromatic N) is 3. The van der Waals surface area contributed by atoms with Crippen molar-refractivity contribution in [3.63, 3.8) is 0 Å². The van der Waals surface area contributed by atoms with E-state index >= 15 is 0 Å². The quantitative estimate of drug-likeness (QED) is 0.722. The number of benzene rings is 1. The maximum atomic E-state index is 12.1. The number of hydrogen-bond donors (Lipinski definition) is 1. The van der Waals surface area contributed by atoms with Gasteiger partial charge in [0.2, 0.25) is 0 Å². The number of nitrogens with one attached hydrogen (secondary N) is 1. The Morgan fingerprint density at radius 3 is 2.42 bits per heavy atom. The normalized spacial score (nSPS) is 11.1. The minimum atomic E-state index is -0.163. The highest BCUT2D eigenvalue weighted by Gasteiger charge is 2.14. The molecule has 96 valence electrons. The maximum Gasteiger partial charge on any atom is 0.277 e. The molecule has 0 aliphatic rings. The summed E-state index contributed by atoms with van der Waals surface area (Å²) in [6.45, 7) is 5.65. The summed E-state index contributed by atoms with van der Waals surface area (Å²) < 4.78 is 1.83. The number of H-pyrrole nitrogens is 1. The fourth-order valence-corrected chi connectivity index (χ4v) is 2.22. The van der Waals surface area contributed by atoms with Crippen LogP contribution in [-0.2, 0) is 0 Å². The molecule has 0 amide bonds. The van der Waals surface area contributed by atoms with E-state index in [0.717, 1.165) is 11.5 Å². The van der Waals surface area contributed by atoms with Gasteiger partial charge in [0.15, 0.2) is 11.2 Å². The third kappa shape index (κ3) is 1.83. The highest BCUT2D eigenvalue weighted by atomic mass is 16.1. The number of imidazole rings is 1. The molecule has 0 atom stereocenters.